The van der Waals surface area contributed by atoms with Gasteiger partial charge in [-0.1, -0.05) is 0 Å². The van der Waals surface area contributed by atoms with Crippen LogP contribution in [0.1, 0.15) is 20.8 Å². The highest BCUT2D eigenvalue weighted by atomic mass is 19.1. The Labute approximate surface area is 162 Å². The first kappa shape index (κ1) is 21.4. The van der Waals surface area contributed by atoms with Gasteiger partial charge in [-0.15, -0.1) is 0 Å². The van der Waals surface area contributed by atoms with Gasteiger partial charge in [0.25, 0.3) is 0 Å². The van der Waals surface area contributed by atoms with Crippen molar-refractivity contribution in [2.45, 2.75) is 32.9 Å². The molecule has 0 bridgehead atoms. The number of nitrogens with one attached hydrogen (secondary N) is 2. The second kappa shape index (κ2) is 11.1. The van der Waals surface area contributed by atoms with Gasteiger partial charge in [0.2, 0.25) is 0 Å². The van der Waals surface area contributed by atoms with Crippen molar-refractivity contribution in [3.63, 3.8) is 0 Å². The molecule has 1 heterocycles. The summed E-state index contributed by atoms with van der Waals surface area (Å²) in [6, 6.07) is 6.51. The van der Waals surface area contributed by atoms with Gasteiger partial charge in [0.15, 0.2) is 5.96 Å². The molecule has 2 unspecified atom stereocenters. The molecule has 1 aliphatic heterocycles. The summed E-state index contributed by atoms with van der Waals surface area (Å²) in [6.07, 6.45) is -0.0608. The van der Waals surface area contributed by atoms with Crippen LogP contribution in [0.5, 0.6) is 5.75 Å². The molecule has 0 radical (unpaired) electrons. The molecular weight excluding hydrogens is 345 g/mol. The van der Waals surface area contributed by atoms with Crippen LogP contribution < -0.4 is 15.4 Å². The summed E-state index contributed by atoms with van der Waals surface area (Å²) in [6.45, 7) is 12.9. The van der Waals surface area contributed by atoms with Gasteiger partial charge in [0, 0.05) is 38.8 Å². The summed E-state index contributed by atoms with van der Waals surface area (Å²) < 4.78 is 18.8. The molecule has 2 N–H and O–H groups in total. The van der Waals surface area contributed by atoms with E-state index in [0.29, 0.717) is 18.3 Å². The Balaban J connectivity index is 1.79. The lowest BCUT2D eigenvalue weighted by atomic mass is 10.2. The summed E-state index contributed by atoms with van der Waals surface area (Å²) in [4.78, 5) is 9.59. The summed E-state index contributed by atoms with van der Waals surface area (Å²) >= 11 is 0. The molecule has 1 aromatic carbocycles. The normalized spacial score (nSPS) is 18.8. The highest BCUT2D eigenvalue weighted by Crippen LogP contribution is 2.12. The van der Waals surface area contributed by atoms with E-state index in [-0.39, 0.29) is 11.9 Å². The third-order valence-electron chi connectivity index (χ3n) is 4.73. The number of aliphatic imine (C=N–C) groups is 1. The van der Waals surface area contributed by atoms with Gasteiger partial charge in [0.1, 0.15) is 17.7 Å². The Morgan fingerprint density at radius 1 is 1.15 bits per heavy atom. The van der Waals surface area contributed by atoms with Crippen molar-refractivity contribution in [3.8, 4) is 5.75 Å². The summed E-state index contributed by atoms with van der Waals surface area (Å²) in [5.41, 5.74) is 0. The van der Waals surface area contributed by atoms with Crippen molar-refractivity contribution in [2.24, 2.45) is 4.99 Å². The number of piperazine rings is 1. The van der Waals surface area contributed by atoms with Crippen molar-refractivity contribution >= 4 is 5.96 Å². The van der Waals surface area contributed by atoms with Crippen molar-refractivity contribution in [3.05, 3.63) is 30.1 Å². The average Bonchev–Trinajstić information content (AvgIpc) is 2.66. The van der Waals surface area contributed by atoms with Gasteiger partial charge in [-0.2, -0.15) is 0 Å². The van der Waals surface area contributed by atoms with Crippen LogP contribution in [0.15, 0.2) is 29.3 Å². The molecule has 6 nitrogen and oxygen atoms in total. The molecular formula is C20H34FN5O. The van der Waals surface area contributed by atoms with E-state index in [1.807, 2.05) is 6.92 Å². The molecule has 0 saturated carbocycles. The molecule has 7 heteroatoms. The summed E-state index contributed by atoms with van der Waals surface area (Å²) in [7, 11) is 2.17. The molecule has 0 aliphatic carbocycles. The maximum absolute atomic E-state index is 13.0. The number of hydrogen-bond donors (Lipinski definition) is 2. The van der Waals surface area contributed by atoms with E-state index in [1.54, 1.807) is 12.1 Å². The van der Waals surface area contributed by atoms with E-state index in [4.69, 9.17) is 9.73 Å². The van der Waals surface area contributed by atoms with Crippen molar-refractivity contribution in [2.75, 3.05) is 52.9 Å². The molecule has 27 heavy (non-hydrogen) atoms. The first-order chi connectivity index (χ1) is 13.0. The lowest BCUT2D eigenvalue weighted by Crippen LogP contribution is -2.49. The molecule has 2 rings (SSSR count). The topological polar surface area (TPSA) is 52.1 Å². The van der Waals surface area contributed by atoms with Gasteiger partial charge in [-0.3, -0.25) is 9.89 Å². The zero-order chi connectivity index (χ0) is 19.6. The average molecular weight is 380 g/mol. The van der Waals surface area contributed by atoms with Crippen LogP contribution in [0, 0.1) is 5.82 Å². The molecule has 152 valence electrons. The molecule has 0 spiro atoms. The zero-order valence-electron chi connectivity index (χ0n) is 17.0. The minimum absolute atomic E-state index is 0.0608. The number of likely N-dealkylation sites (N-methyl/N-ethyl adjacent to an activating group) is 1. The maximum Gasteiger partial charge on any atom is 0.191 e. The third-order valence-corrected chi connectivity index (χ3v) is 4.73. The lowest BCUT2D eigenvalue weighted by molar-refractivity contribution is 0.122. The first-order valence-corrected chi connectivity index (χ1v) is 9.85. The highest BCUT2D eigenvalue weighted by Gasteiger charge is 2.18. The zero-order valence-corrected chi connectivity index (χ0v) is 17.0. The van der Waals surface area contributed by atoms with E-state index >= 15 is 0 Å². The van der Waals surface area contributed by atoms with Crippen LogP contribution in [0.2, 0.25) is 0 Å². The number of halogens is 1. The van der Waals surface area contributed by atoms with E-state index in [0.717, 1.165) is 45.2 Å². The summed E-state index contributed by atoms with van der Waals surface area (Å²) in [5.74, 6) is 1.20. The van der Waals surface area contributed by atoms with Crippen LogP contribution >= 0.6 is 0 Å². The Morgan fingerprint density at radius 2 is 1.81 bits per heavy atom. The highest BCUT2D eigenvalue weighted by molar-refractivity contribution is 5.79. The number of nitrogens with zero attached hydrogens (tertiary/aromatic N) is 3. The molecule has 1 fully saturated rings. The number of benzene rings is 1. The standard InChI is InChI=1S/C20H34FN5O/c1-5-22-20(23-14-16(2)26-12-10-25(4)11-13-26)24-15-17(3)27-19-8-6-18(21)7-9-19/h6-9,16-17H,5,10-15H2,1-4H3,(H2,22,23,24). The second-order valence-corrected chi connectivity index (χ2v) is 7.17. The molecule has 0 aromatic heterocycles. The quantitative estimate of drug-likeness (QED) is 0.533. The Hall–Kier alpha value is -1.86. The lowest BCUT2D eigenvalue weighted by Gasteiger charge is -2.35. The van der Waals surface area contributed by atoms with E-state index in [1.165, 1.54) is 12.1 Å². The fourth-order valence-electron chi connectivity index (χ4n) is 2.97. The molecule has 0 amide bonds. The Bertz CT molecular complexity index is 572. The van der Waals surface area contributed by atoms with Crippen molar-refractivity contribution in [1.29, 1.82) is 0 Å². The van der Waals surface area contributed by atoms with E-state index in [2.05, 4.69) is 41.3 Å². The van der Waals surface area contributed by atoms with Crippen molar-refractivity contribution in [1.82, 2.24) is 20.4 Å². The number of rotatable bonds is 8. The SMILES string of the molecule is CCNC(=NCC(C)N1CCN(C)CC1)NCC(C)Oc1ccc(F)cc1. The van der Waals surface area contributed by atoms with E-state index in [9.17, 15) is 4.39 Å². The molecule has 1 aliphatic rings. The van der Waals surface area contributed by atoms with Gasteiger partial charge in [-0.25, -0.2) is 4.39 Å². The number of hydrogen-bond acceptors (Lipinski definition) is 4. The van der Waals surface area contributed by atoms with Crippen molar-refractivity contribution < 1.29 is 9.13 Å². The minimum atomic E-state index is -0.260. The van der Waals surface area contributed by atoms with Crippen LogP contribution in [-0.4, -0.2) is 80.8 Å². The smallest absolute Gasteiger partial charge is 0.191 e. The first-order valence-electron chi connectivity index (χ1n) is 9.85. The fourth-order valence-corrected chi connectivity index (χ4v) is 2.97. The Morgan fingerprint density at radius 3 is 2.44 bits per heavy atom. The van der Waals surface area contributed by atoms with Gasteiger partial charge in [0.05, 0.1) is 13.1 Å². The second-order valence-electron chi connectivity index (χ2n) is 7.17. The van der Waals surface area contributed by atoms with Crippen LogP contribution in [0.25, 0.3) is 0 Å². The molecule has 1 saturated heterocycles. The van der Waals surface area contributed by atoms with Gasteiger partial charge < -0.3 is 20.3 Å². The largest absolute Gasteiger partial charge is 0.489 e. The van der Waals surface area contributed by atoms with Crippen LogP contribution in [-0.2, 0) is 0 Å². The molecule has 2 atom stereocenters. The third kappa shape index (κ3) is 7.72. The summed E-state index contributed by atoms with van der Waals surface area (Å²) in [5, 5.41) is 6.61. The Kier molecular flexibility index (Phi) is 8.81. The predicted molar refractivity (Wildman–Crippen MR) is 109 cm³/mol. The molecule has 1 aromatic rings. The number of ether oxygens (including phenoxy) is 1. The van der Waals surface area contributed by atoms with Crippen LogP contribution in [0.3, 0.4) is 0 Å². The monoisotopic (exact) mass is 379 g/mol. The van der Waals surface area contributed by atoms with Gasteiger partial charge in [-0.05, 0) is 52.1 Å². The van der Waals surface area contributed by atoms with Crippen LogP contribution in [0.4, 0.5) is 4.39 Å². The fraction of sp³-hybridized carbons (Fsp3) is 0.650. The number of guanidine groups is 1. The predicted octanol–water partition coefficient (Wildman–Crippen LogP) is 1.78. The van der Waals surface area contributed by atoms with Gasteiger partial charge >= 0.3 is 0 Å². The maximum atomic E-state index is 13.0. The minimum Gasteiger partial charge on any atom is -0.489 e. The van der Waals surface area contributed by atoms with E-state index < -0.39 is 0 Å².